The smallest absolute Gasteiger partial charge is 0.293 e. The summed E-state index contributed by atoms with van der Waals surface area (Å²) in [5.74, 6) is 1.00. The van der Waals surface area contributed by atoms with Crippen LogP contribution in [0.3, 0.4) is 0 Å². The van der Waals surface area contributed by atoms with Crippen LogP contribution in [0, 0.1) is 5.92 Å². The molecule has 0 aliphatic heterocycles. The molecule has 2 N–H and O–H groups in total. The Morgan fingerprint density at radius 2 is 2.22 bits per heavy atom. The van der Waals surface area contributed by atoms with Crippen LogP contribution in [0.1, 0.15) is 25.7 Å². The molecule has 1 saturated carbocycles. The molecule has 1 aliphatic rings. The highest BCUT2D eigenvalue weighted by Gasteiger charge is 2.29. The average molecular weight is 250 g/mol. The molecule has 0 radical (unpaired) electrons. The van der Waals surface area contributed by atoms with Crippen LogP contribution in [0.15, 0.2) is 17.2 Å². The van der Waals surface area contributed by atoms with Gasteiger partial charge in [-0.3, -0.25) is 4.79 Å². The third-order valence-electron chi connectivity index (χ3n) is 4.00. The first-order valence-corrected chi connectivity index (χ1v) is 6.59. The van der Waals surface area contributed by atoms with Crippen molar-refractivity contribution in [2.75, 3.05) is 18.5 Å². The Morgan fingerprint density at radius 1 is 1.50 bits per heavy atom. The monoisotopic (exact) mass is 250 g/mol. The number of anilines is 1. The number of aromatic nitrogens is 2. The number of aryl methyl sites for hydroxylation is 1. The number of hydrogen-bond acceptors (Lipinski definition) is 4. The molecule has 18 heavy (non-hydrogen) atoms. The number of rotatable bonds is 3. The SMILES string of the molecule is CN(c1nccn(C)c1=O)C1CCCCC1CN. The van der Waals surface area contributed by atoms with Crippen LogP contribution >= 0.6 is 0 Å². The summed E-state index contributed by atoms with van der Waals surface area (Å²) in [5.41, 5.74) is 5.81. The molecule has 1 heterocycles. The Morgan fingerprint density at radius 3 is 2.94 bits per heavy atom. The second kappa shape index (κ2) is 5.52. The highest BCUT2D eigenvalue weighted by Crippen LogP contribution is 2.28. The largest absolute Gasteiger partial charge is 0.352 e. The van der Waals surface area contributed by atoms with E-state index >= 15 is 0 Å². The molecule has 0 saturated heterocycles. The molecule has 100 valence electrons. The number of nitrogens with zero attached hydrogens (tertiary/aromatic N) is 3. The fraction of sp³-hybridized carbons (Fsp3) is 0.692. The highest BCUT2D eigenvalue weighted by molar-refractivity contribution is 5.36. The van der Waals surface area contributed by atoms with Gasteiger partial charge in [-0.15, -0.1) is 0 Å². The molecule has 1 aromatic rings. The molecule has 2 atom stereocenters. The lowest BCUT2D eigenvalue weighted by molar-refractivity contribution is 0.305. The fourth-order valence-electron chi connectivity index (χ4n) is 2.86. The number of hydrogen-bond donors (Lipinski definition) is 1. The molecule has 1 aliphatic carbocycles. The lowest BCUT2D eigenvalue weighted by atomic mass is 9.84. The maximum atomic E-state index is 12.1. The van der Waals surface area contributed by atoms with E-state index < -0.39 is 0 Å². The molecule has 0 amide bonds. The fourth-order valence-corrected chi connectivity index (χ4v) is 2.86. The zero-order valence-corrected chi connectivity index (χ0v) is 11.2. The summed E-state index contributed by atoms with van der Waals surface area (Å²) in [5, 5.41) is 0. The van der Waals surface area contributed by atoms with E-state index in [0.717, 1.165) is 12.8 Å². The van der Waals surface area contributed by atoms with Gasteiger partial charge in [0.2, 0.25) is 0 Å². The molecular formula is C13H22N4O. The van der Waals surface area contributed by atoms with Crippen molar-refractivity contribution in [1.29, 1.82) is 0 Å². The summed E-state index contributed by atoms with van der Waals surface area (Å²) in [4.78, 5) is 18.3. The minimum absolute atomic E-state index is 0.0404. The predicted molar refractivity (Wildman–Crippen MR) is 72.7 cm³/mol. The summed E-state index contributed by atoms with van der Waals surface area (Å²) in [7, 11) is 3.71. The third-order valence-corrected chi connectivity index (χ3v) is 4.00. The van der Waals surface area contributed by atoms with Crippen molar-refractivity contribution in [3.63, 3.8) is 0 Å². The van der Waals surface area contributed by atoms with Crippen molar-refractivity contribution in [1.82, 2.24) is 9.55 Å². The third kappa shape index (κ3) is 2.41. The Labute approximate surface area is 108 Å². The van der Waals surface area contributed by atoms with Gasteiger partial charge >= 0.3 is 0 Å². The van der Waals surface area contributed by atoms with Crippen LogP contribution in [0.5, 0.6) is 0 Å². The van der Waals surface area contributed by atoms with Crippen LogP contribution < -0.4 is 16.2 Å². The van der Waals surface area contributed by atoms with E-state index in [9.17, 15) is 4.79 Å². The molecule has 0 bridgehead atoms. The first-order chi connectivity index (χ1) is 8.65. The molecule has 0 aromatic carbocycles. The van der Waals surface area contributed by atoms with Gasteiger partial charge in [0.25, 0.3) is 5.56 Å². The molecule has 5 nitrogen and oxygen atoms in total. The van der Waals surface area contributed by atoms with E-state index in [1.54, 1.807) is 24.0 Å². The van der Waals surface area contributed by atoms with Crippen molar-refractivity contribution in [2.45, 2.75) is 31.7 Å². The zero-order valence-electron chi connectivity index (χ0n) is 11.2. The van der Waals surface area contributed by atoms with Gasteiger partial charge in [0.05, 0.1) is 0 Å². The first-order valence-electron chi connectivity index (χ1n) is 6.59. The predicted octanol–water partition coefficient (Wildman–Crippen LogP) is 0.734. The van der Waals surface area contributed by atoms with E-state index in [4.69, 9.17) is 5.73 Å². The van der Waals surface area contributed by atoms with Crippen molar-refractivity contribution < 1.29 is 0 Å². The summed E-state index contributed by atoms with van der Waals surface area (Å²) < 4.78 is 1.57. The zero-order chi connectivity index (χ0) is 13.1. The van der Waals surface area contributed by atoms with E-state index in [1.807, 2.05) is 11.9 Å². The summed E-state index contributed by atoms with van der Waals surface area (Å²) in [6.07, 6.45) is 8.05. The quantitative estimate of drug-likeness (QED) is 0.859. The van der Waals surface area contributed by atoms with E-state index in [1.165, 1.54) is 12.8 Å². The van der Waals surface area contributed by atoms with Gasteiger partial charge in [0, 0.05) is 32.5 Å². The average Bonchev–Trinajstić information content (AvgIpc) is 2.41. The van der Waals surface area contributed by atoms with Crippen molar-refractivity contribution >= 4 is 5.82 Å². The van der Waals surface area contributed by atoms with Crippen molar-refractivity contribution in [3.05, 3.63) is 22.7 Å². The van der Waals surface area contributed by atoms with Crippen LogP contribution in [0.25, 0.3) is 0 Å². The van der Waals surface area contributed by atoms with Crippen LogP contribution in [0.4, 0.5) is 5.82 Å². The van der Waals surface area contributed by atoms with Gasteiger partial charge in [-0.05, 0) is 25.3 Å². The standard InChI is InChI=1S/C13H22N4O/c1-16-8-7-15-12(13(16)18)17(2)11-6-4-3-5-10(11)9-14/h7-8,10-11H,3-6,9,14H2,1-2H3. The van der Waals surface area contributed by atoms with Crippen LogP contribution in [0.2, 0.25) is 0 Å². The van der Waals surface area contributed by atoms with Gasteiger partial charge in [0.15, 0.2) is 5.82 Å². The molecular weight excluding hydrogens is 228 g/mol. The maximum absolute atomic E-state index is 12.1. The van der Waals surface area contributed by atoms with Gasteiger partial charge in [-0.1, -0.05) is 12.8 Å². The van der Waals surface area contributed by atoms with Gasteiger partial charge < -0.3 is 15.2 Å². The van der Waals surface area contributed by atoms with Crippen LogP contribution in [-0.4, -0.2) is 29.2 Å². The van der Waals surface area contributed by atoms with Crippen molar-refractivity contribution in [3.8, 4) is 0 Å². The second-order valence-corrected chi connectivity index (χ2v) is 5.13. The number of nitrogens with two attached hydrogens (primary N) is 1. The van der Waals surface area contributed by atoms with E-state index in [-0.39, 0.29) is 5.56 Å². The van der Waals surface area contributed by atoms with Crippen molar-refractivity contribution in [2.24, 2.45) is 18.7 Å². The van der Waals surface area contributed by atoms with Gasteiger partial charge in [-0.25, -0.2) is 4.98 Å². The Hall–Kier alpha value is -1.36. The molecule has 1 fully saturated rings. The Balaban J connectivity index is 2.26. The first kappa shape index (κ1) is 13.1. The summed E-state index contributed by atoms with van der Waals surface area (Å²) >= 11 is 0. The topological polar surface area (TPSA) is 64.2 Å². The molecule has 5 heteroatoms. The minimum Gasteiger partial charge on any atom is -0.352 e. The van der Waals surface area contributed by atoms with E-state index in [2.05, 4.69) is 4.98 Å². The maximum Gasteiger partial charge on any atom is 0.293 e. The lowest BCUT2D eigenvalue weighted by Gasteiger charge is -2.37. The van der Waals surface area contributed by atoms with Gasteiger partial charge in [-0.2, -0.15) is 0 Å². The molecule has 2 unspecified atom stereocenters. The summed E-state index contributed by atoms with van der Waals surface area (Å²) in [6.45, 7) is 0.683. The van der Waals surface area contributed by atoms with Gasteiger partial charge in [0.1, 0.15) is 0 Å². The molecule has 0 spiro atoms. The van der Waals surface area contributed by atoms with Crippen LogP contribution in [-0.2, 0) is 7.05 Å². The Kier molecular flexibility index (Phi) is 4.01. The van der Waals surface area contributed by atoms with E-state index in [0.29, 0.717) is 24.3 Å². The minimum atomic E-state index is -0.0404. The summed E-state index contributed by atoms with van der Waals surface area (Å²) in [6, 6.07) is 0.339. The Bertz CT molecular complexity index is 457. The molecule has 1 aromatic heterocycles. The molecule has 2 rings (SSSR count). The lowest BCUT2D eigenvalue weighted by Crippen LogP contribution is -2.45. The highest BCUT2D eigenvalue weighted by atomic mass is 16.1. The normalized spacial score (nSPS) is 23.9. The second-order valence-electron chi connectivity index (χ2n) is 5.13.